The third-order valence-electron chi connectivity index (χ3n) is 4.86. The quantitative estimate of drug-likeness (QED) is 0.230. The molecule has 4 nitrogen and oxygen atoms in total. The number of benzene rings is 1. The van der Waals surface area contributed by atoms with Crippen LogP contribution >= 0.6 is 24.0 Å². The standard InChI is InChI=1S/C20H32FN3O.HI/c1-3-22-19(23-14-5-6-15-25-4-2)24-16-20(12-7-13-20)17-8-10-18(21)11-9-17;/h8-11H,3-7,12-16H2,1-2H3,(H2,22,23,24);1H. The second-order valence-electron chi connectivity index (χ2n) is 6.67. The first-order valence-electron chi connectivity index (χ1n) is 9.56. The molecule has 0 aliphatic heterocycles. The van der Waals surface area contributed by atoms with Gasteiger partial charge in [-0.15, -0.1) is 24.0 Å². The van der Waals surface area contributed by atoms with E-state index in [-0.39, 0.29) is 35.2 Å². The second kappa shape index (κ2) is 12.5. The van der Waals surface area contributed by atoms with Gasteiger partial charge in [-0.05, 0) is 57.2 Å². The molecule has 0 aromatic heterocycles. The van der Waals surface area contributed by atoms with E-state index in [1.165, 1.54) is 12.0 Å². The van der Waals surface area contributed by atoms with E-state index in [0.29, 0.717) is 0 Å². The zero-order valence-electron chi connectivity index (χ0n) is 16.0. The number of ether oxygens (including phenoxy) is 1. The fourth-order valence-corrected chi connectivity index (χ4v) is 3.20. The first kappa shape index (κ1) is 23.1. The average Bonchev–Trinajstić information content (AvgIpc) is 2.58. The van der Waals surface area contributed by atoms with E-state index < -0.39 is 0 Å². The van der Waals surface area contributed by atoms with Gasteiger partial charge in [0.25, 0.3) is 0 Å². The lowest BCUT2D eigenvalue weighted by Crippen LogP contribution is -2.42. The molecule has 0 amide bonds. The molecule has 0 unspecified atom stereocenters. The largest absolute Gasteiger partial charge is 0.382 e. The van der Waals surface area contributed by atoms with Crippen LogP contribution in [0.25, 0.3) is 0 Å². The Kier molecular flexibility index (Phi) is 11.1. The molecule has 2 N–H and O–H groups in total. The van der Waals surface area contributed by atoms with Crippen molar-refractivity contribution in [2.75, 3.05) is 32.8 Å². The Labute approximate surface area is 174 Å². The Morgan fingerprint density at radius 3 is 2.46 bits per heavy atom. The van der Waals surface area contributed by atoms with Gasteiger partial charge < -0.3 is 15.4 Å². The summed E-state index contributed by atoms with van der Waals surface area (Å²) in [7, 11) is 0. The number of nitrogens with one attached hydrogen (secondary N) is 2. The van der Waals surface area contributed by atoms with Crippen LogP contribution in [0.5, 0.6) is 0 Å². The van der Waals surface area contributed by atoms with Crippen LogP contribution in [0.4, 0.5) is 4.39 Å². The van der Waals surface area contributed by atoms with Crippen LogP contribution in [0.3, 0.4) is 0 Å². The number of aliphatic imine (C=N–C) groups is 1. The first-order valence-corrected chi connectivity index (χ1v) is 9.56. The van der Waals surface area contributed by atoms with Gasteiger partial charge in [-0.1, -0.05) is 18.6 Å². The zero-order valence-corrected chi connectivity index (χ0v) is 18.4. The van der Waals surface area contributed by atoms with Crippen molar-refractivity contribution in [3.8, 4) is 0 Å². The third kappa shape index (κ3) is 7.02. The number of rotatable bonds is 10. The maximum atomic E-state index is 13.2. The Bertz CT molecular complexity index is 532. The van der Waals surface area contributed by atoms with Crippen molar-refractivity contribution in [3.05, 3.63) is 35.6 Å². The summed E-state index contributed by atoms with van der Waals surface area (Å²) in [6.07, 6.45) is 5.58. The molecule has 6 heteroatoms. The Morgan fingerprint density at radius 2 is 1.88 bits per heavy atom. The van der Waals surface area contributed by atoms with E-state index in [0.717, 1.165) is 64.5 Å². The molecule has 0 heterocycles. The molecular weight excluding hydrogens is 444 g/mol. The van der Waals surface area contributed by atoms with Gasteiger partial charge >= 0.3 is 0 Å². The van der Waals surface area contributed by atoms with E-state index in [9.17, 15) is 4.39 Å². The third-order valence-corrected chi connectivity index (χ3v) is 4.86. The highest BCUT2D eigenvalue weighted by Gasteiger charge is 2.38. The topological polar surface area (TPSA) is 45.7 Å². The van der Waals surface area contributed by atoms with Crippen molar-refractivity contribution in [2.45, 2.75) is 51.4 Å². The van der Waals surface area contributed by atoms with Crippen LogP contribution in [0.15, 0.2) is 29.3 Å². The minimum atomic E-state index is -0.177. The fraction of sp³-hybridized carbons (Fsp3) is 0.650. The van der Waals surface area contributed by atoms with Gasteiger partial charge in [-0.25, -0.2) is 4.39 Å². The number of hydrogen-bond acceptors (Lipinski definition) is 2. The number of hydrogen-bond donors (Lipinski definition) is 2. The predicted octanol–water partition coefficient (Wildman–Crippen LogP) is 4.24. The summed E-state index contributed by atoms with van der Waals surface area (Å²) in [5.74, 6) is 0.691. The van der Waals surface area contributed by atoms with Crippen LogP contribution in [0.2, 0.25) is 0 Å². The lowest BCUT2D eigenvalue weighted by Gasteiger charge is -2.41. The zero-order chi connectivity index (χ0) is 18.0. The molecule has 0 radical (unpaired) electrons. The average molecular weight is 477 g/mol. The molecule has 0 spiro atoms. The lowest BCUT2D eigenvalue weighted by molar-refractivity contribution is 0.143. The Hall–Kier alpha value is -0.890. The number of halogens is 2. The maximum Gasteiger partial charge on any atom is 0.191 e. The smallest absolute Gasteiger partial charge is 0.191 e. The van der Waals surface area contributed by atoms with Crippen molar-refractivity contribution in [3.63, 3.8) is 0 Å². The van der Waals surface area contributed by atoms with Crippen molar-refractivity contribution in [1.29, 1.82) is 0 Å². The molecular formula is C20H33FIN3O. The van der Waals surface area contributed by atoms with Gasteiger partial charge in [0.2, 0.25) is 0 Å². The van der Waals surface area contributed by atoms with Crippen LogP contribution < -0.4 is 10.6 Å². The van der Waals surface area contributed by atoms with E-state index in [2.05, 4.69) is 17.6 Å². The van der Waals surface area contributed by atoms with Crippen molar-refractivity contribution in [2.24, 2.45) is 4.99 Å². The minimum Gasteiger partial charge on any atom is -0.382 e. The molecule has 0 saturated heterocycles. The summed E-state index contributed by atoms with van der Waals surface area (Å²) in [5.41, 5.74) is 1.28. The molecule has 1 aromatic rings. The van der Waals surface area contributed by atoms with Crippen LogP contribution in [-0.2, 0) is 10.2 Å². The highest BCUT2D eigenvalue weighted by atomic mass is 127. The molecule has 1 aromatic carbocycles. The molecule has 1 aliphatic rings. The van der Waals surface area contributed by atoms with Crippen LogP contribution in [-0.4, -0.2) is 38.8 Å². The summed E-state index contributed by atoms with van der Waals surface area (Å²) >= 11 is 0. The summed E-state index contributed by atoms with van der Waals surface area (Å²) in [6, 6.07) is 6.94. The first-order chi connectivity index (χ1) is 12.2. The predicted molar refractivity (Wildman–Crippen MR) is 117 cm³/mol. The Balaban J connectivity index is 0.00000338. The fourth-order valence-electron chi connectivity index (χ4n) is 3.20. The van der Waals surface area contributed by atoms with Crippen molar-refractivity contribution < 1.29 is 9.13 Å². The number of guanidine groups is 1. The van der Waals surface area contributed by atoms with Gasteiger partial charge in [-0.3, -0.25) is 4.99 Å². The SMILES string of the molecule is CCNC(=NCC1(c2ccc(F)cc2)CCC1)NCCCCOCC.I. The Morgan fingerprint density at radius 1 is 1.15 bits per heavy atom. The van der Waals surface area contributed by atoms with Gasteiger partial charge in [0, 0.05) is 31.7 Å². The minimum absolute atomic E-state index is 0. The molecule has 1 saturated carbocycles. The second-order valence-corrected chi connectivity index (χ2v) is 6.67. The van der Waals surface area contributed by atoms with Crippen molar-refractivity contribution in [1.82, 2.24) is 10.6 Å². The van der Waals surface area contributed by atoms with Gasteiger partial charge in [0.05, 0.1) is 6.54 Å². The van der Waals surface area contributed by atoms with Gasteiger partial charge in [0.15, 0.2) is 5.96 Å². The molecule has 0 atom stereocenters. The normalized spacial score (nSPS) is 15.7. The molecule has 148 valence electrons. The molecule has 26 heavy (non-hydrogen) atoms. The summed E-state index contributed by atoms with van der Waals surface area (Å²) in [6.45, 7) is 8.17. The van der Waals surface area contributed by atoms with Gasteiger partial charge in [0.1, 0.15) is 5.82 Å². The van der Waals surface area contributed by atoms with E-state index in [1.807, 2.05) is 19.1 Å². The van der Waals surface area contributed by atoms with E-state index in [1.54, 1.807) is 12.1 Å². The summed E-state index contributed by atoms with van der Waals surface area (Å²) in [4.78, 5) is 4.81. The maximum absolute atomic E-state index is 13.2. The number of nitrogens with zero attached hydrogens (tertiary/aromatic N) is 1. The van der Waals surface area contributed by atoms with E-state index in [4.69, 9.17) is 9.73 Å². The monoisotopic (exact) mass is 477 g/mol. The molecule has 1 aliphatic carbocycles. The highest BCUT2D eigenvalue weighted by Crippen LogP contribution is 2.44. The van der Waals surface area contributed by atoms with Crippen molar-refractivity contribution >= 4 is 29.9 Å². The molecule has 1 fully saturated rings. The van der Waals surface area contributed by atoms with Gasteiger partial charge in [-0.2, -0.15) is 0 Å². The lowest BCUT2D eigenvalue weighted by atomic mass is 9.64. The van der Waals surface area contributed by atoms with E-state index >= 15 is 0 Å². The van der Waals surface area contributed by atoms with Crippen LogP contribution in [0.1, 0.15) is 51.5 Å². The molecule has 0 bridgehead atoms. The number of unbranched alkanes of at least 4 members (excludes halogenated alkanes) is 1. The summed E-state index contributed by atoms with van der Waals surface area (Å²) in [5, 5.41) is 6.72. The van der Waals surface area contributed by atoms with Crippen LogP contribution in [0, 0.1) is 5.82 Å². The molecule has 2 rings (SSSR count). The highest BCUT2D eigenvalue weighted by molar-refractivity contribution is 14.0. The summed E-state index contributed by atoms with van der Waals surface area (Å²) < 4.78 is 18.6.